The third-order valence-electron chi connectivity index (χ3n) is 2.34. The molecule has 12 heteroatoms. The van der Waals surface area contributed by atoms with Gasteiger partial charge in [0.2, 0.25) is 20.7 Å². The van der Waals surface area contributed by atoms with E-state index in [1.807, 2.05) is 0 Å². The fraction of sp³-hybridized carbons (Fsp3) is 0.667. The molecule has 8 nitrogen and oxygen atoms in total. The van der Waals surface area contributed by atoms with Gasteiger partial charge in [0.15, 0.2) is 5.82 Å². The van der Waals surface area contributed by atoms with Gasteiger partial charge in [-0.1, -0.05) is 0 Å². The summed E-state index contributed by atoms with van der Waals surface area (Å²) in [7, 11) is -3.77. The van der Waals surface area contributed by atoms with Crippen LogP contribution >= 0.6 is 0 Å². The summed E-state index contributed by atoms with van der Waals surface area (Å²) in [4.78, 5) is 10.9. The van der Waals surface area contributed by atoms with Crippen molar-refractivity contribution in [3.05, 3.63) is 5.82 Å². The zero-order chi connectivity index (χ0) is 16.6. The minimum Gasteiger partial charge on any atom is -0.430 e. The molecular weight excluding hydrogens is 317 g/mol. The Labute approximate surface area is 118 Å². The lowest BCUT2D eigenvalue weighted by molar-refractivity contribution is -0.214. The van der Waals surface area contributed by atoms with Crippen molar-refractivity contribution in [3.8, 4) is 0 Å². The second kappa shape index (κ2) is 5.26. The van der Waals surface area contributed by atoms with E-state index in [2.05, 4.69) is 14.9 Å². The molecule has 120 valence electrons. The van der Waals surface area contributed by atoms with Gasteiger partial charge in [-0.05, 0) is 13.8 Å². The number of rotatable bonds is 4. The molecule has 0 aliphatic heterocycles. The third-order valence-corrected chi connectivity index (χ3v) is 3.31. The predicted molar refractivity (Wildman–Crippen MR) is 62.5 cm³/mol. The normalized spacial score (nSPS) is 15.6. The van der Waals surface area contributed by atoms with Crippen LogP contribution in [0.1, 0.15) is 19.7 Å². The topological polar surface area (TPSA) is 117 Å². The molecule has 0 bridgehead atoms. The van der Waals surface area contributed by atoms with E-state index in [9.17, 15) is 26.4 Å². The van der Waals surface area contributed by atoms with E-state index in [1.165, 1.54) is 6.92 Å². The molecule has 0 spiro atoms. The van der Waals surface area contributed by atoms with Crippen LogP contribution in [0.3, 0.4) is 0 Å². The van der Waals surface area contributed by atoms with Gasteiger partial charge in [0, 0.05) is 12.8 Å². The maximum Gasteiger partial charge on any atom is 0.491 e. The minimum absolute atomic E-state index is 0.00109. The van der Waals surface area contributed by atoms with E-state index in [-0.39, 0.29) is 6.54 Å². The van der Waals surface area contributed by atoms with Crippen LogP contribution in [0, 0.1) is 0 Å². The van der Waals surface area contributed by atoms with Crippen molar-refractivity contribution in [3.63, 3.8) is 0 Å². The van der Waals surface area contributed by atoms with E-state index < -0.39 is 38.7 Å². The maximum absolute atomic E-state index is 12.2. The minimum atomic E-state index is -5.24. The second-order valence-corrected chi connectivity index (χ2v) is 6.23. The SMILES string of the molecule is CCn1c([C@](C)(N)OC(=O)C(F)(F)F)nnc1S(C)(=O)=O. The lowest BCUT2D eigenvalue weighted by atomic mass is 10.2. The maximum atomic E-state index is 12.2. The summed E-state index contributed by atoms with van der Waals surface area (Å²) in [5, 5.41) is 6.30. The van der Waals surface area contributed by atoms with Gasteiger partial charge in [-0.3, -0.25) is 10.3 Å². The second-order valence-electron chi connectivity index (χ2n) is 4.32. The fourth-order valence-electron chi connectivity index (χ4n) is 1.51. The molecule has 1 aromatic heterocycles. The molecule has 2 N–H and O–H groups in total. The molecule has 1 aromatic rings. The van der Waals surface area contributed by atoms with Crippen molar-refractivity contribution >= 4 is 15.8 Å². The summed E-state index contributed by atoms with van der Waals surface area (Å²) in [6.45, 7) is 2.45. The molecule has 0 amide bonds. The molecule has 1 heterocycles. The molecule has 0 aliphatic rings. The van der Waals surface area contributed by atoms with E-state index in [0.717, 1.165) is 17.7 Å². The standard InChI is InChI=1S/C9H13F3N4O4S/c1-4-16-5(14-15-7(16)21(3,18)19)8(2,13)20-6(17)9(10,11)12/h4,13H2,1-3H3/t8-/m1/s1. The summed E-state index contributed by atoms with van der Waals surface area (Å²) in [5.41, 5.74) is 3.21. The summed E-state index contributed by atoms with van der Waals surface area (Å²) < 4.78 is 64.7. The van der Waals surface area contributed by atoms with Gasteiger partial charge in [-0.2, -0.15) is 13.2 Å². The average Bonchev–Trinajstić information content (AvgIpc) is 2.70. The van der Waals surface area contributed by atoms with Crippen LogP contribution in [0.25, 0.3) is 0 Å². The number of carbonyl (C=O) groups excluding carboxylic acids is 1. The van der Waals surface area contributed by atoms with Crippen molar-refractivity contribution in [1.82, 2.24) is 14.8 Å². The number of ether oxygens (including phenoxy) is 1. The van der Waals surface area contributed by atoms with Gasteiger partial charge < -0.3 is 4.74 Å². The Hall–Kier alpha value is -1.69. The number of nitrogens with zero attached hydrogens (tertiary/aromatic N) is 3. The zero-order valence-electron chi connectivity index (χ0n) is 11.3. The lowest BCUT2D eigenvalue weighted by Gasteiger charge is -2.24. The molecule has 0 fully saturated rings. The first kappa shape index (κ1) is 17.4. The molecule has 1 atom stereocenters. The van der Waals surface area contributed by atoms with Crippen LogP contribution in [0.2, 0.25) is 0 Å². The number of nitrogens with two attached hydrogens (primary N) is 1. The number of esters is 1. The largest absolute Gasteiger partial charge is 0.491 e. The predicted octanol–water partition coefficient (Wildman–Crippen LogP) is -0.0616. The number of carbonyl (C=O) groups is 1. The molecule has 0 aromatic carbocycles. The number of halogens is 3. The number of hydrogen-bond donors (Lipinski definition) is 1. The highest BCUT2D eigenvalue weighted by atomic mass is 32.2. The van der Waals surface area contributed by atoms with Crippen LogP contribution < -0.4 is 5.73 Å². The highest BCUT2D eigenvalue weighted by molar-refractivity contribution is 7.90. The van der Waals surface area contributed by atoms with Crippen molar-refractivity contribution in [2.24, 2.45) is 5.73 Å². The van der Waals surface area contributed by atoms with E-state index in [0.29, 0.717) is 0 Å². The van der Waals surface area contributed by atoms with Gasteiger partial charge in [0.05, 0.1) is 0 Å². The van der Waals surface area contributed by atoms with Gasteiger partial charge in [-0.15, -0.1) is 10.2 Å². The van der Waals surface area contributed by atoms with E-state index in [4.69, 9.17) is 5.73 Å². The first-order chi connectivity index (χ1) is 9.30. The highest BCUT2D eigenvalue weighted by Crippen LogP contribution is 2.25. The monoisotopic (exact) mass is 330 g/mol. The Bertz CT molecular complexity index is 650. The summed E-state index contributed by atoms with van der Waals surface area (Å²) in [6, 6.07) is 0. The molecular formula is C9H13F3N4O4S. The first-order valence-corrected chi connectivity index (χ1v) is 7.42. The molecule has 0 aliphatic carbocycles. The van der Waals surface area contributed by atoms with E-state index in [1.54, 1.807) is 0 Å². The van der Waals surface area contributed by atoms with Crippen molar-refractivity contribution in [2.75, 3.05) is 6.26 Å². The fourth-order valence-corrected chi connectivity index (χ4v) is 2.32. The van der Waals surface area contributed by atoms with Gasteiger partial charge in [0.1, 0.15) is 0 Å². The number of aromatic nitrogens is 3. The Kier molecular flexibility index (Phi) is 4.34. The van der Waals surface area contributed by atoms with Crippen LogP contribution in [-0.2, 0) is 31.6 Å². The first-order valence-electron chi connectivity index (χ1n) is 5.53. The summed E-state index contributed by atoms with van der Waals surface area (Å²) >= 11 is 0. The lowest BCUT2D eigenvalue weighted by Crippen LogP contribution is -2.44. The Morgan fingerprint density at radius 3 is 2.29 bits per heavy atom. The molecule has 0 radical (unpaired) electrons. The Balaban J connectivity index is 3.27. The molecule has 1 rings (SSSR count). The smallest absolute Gasteiger partial charge is 0.430 e. The average molecular weight is 330 g/mol. The van der Waals surface area contributed by atoms with Gasteiger partial charge >= 0.3 is 12.1 Å². The Morgan fingerprint density at radius 1 is 1.38 bits per heavy atom. The Morgan fingerprint density at radius 2 is 1.90 bits per heavy atom. The summed E-state index contributed by atoms with van der Waals surface area (Å²) in [6.07, 6.45) is -4.39. The summed E-state index contributed by atoms with van der Waals surface area (Å²) in [5.74, 6) is -2.93. The highest BCUT2D eigenvalue weighted by Gasteiger charge is 2.46. The number of sulfone groups is 1. The van der Waals surface area contributed by atoms with E-state index >= 15 is 0 Å². The van der Waals surface area contributed by atoms with Gasteiger partial charge in [0.25, 0.3) is 0 Å². The molecule has 21 heavy (non-hydrogen) atoms. The number of hydrogen-bond acceptors (Lipinski definition) is 7. The molecule has 0 unspecified atom stereocenters. The third kappa shape index (κ3) is 3.69. The van der Waals surface area contributed by atoms with Gasteiger partial charge in [-0.25, -0.2) is 13.2 Å². The van der Waals surface area contributed by atoms with Crippen LogP contribution in [0.5, 0.6) is 0 Å². The van der Waals surface area contributed by atoms with Crippen molar-refractivity contribution in [2.45, 2.75) is 37.4 Å². The van der Waals surface area contributed by atoms with Crippen LogP contribution in [0.4, 0.5) is 13.2 Å². The molecule has 0 saturated carbocycles. The quantitative estimate of drug-likeness (QED) is 0.607. The van der Waals surface area contributed by atoms with Crippen LogP contribution in [0.15, 0.2) is 5.16 Å². The van der Waals surface area contributed by atoms with Crippen molar-refractivity contribution in [1.29, 1.82) is 0 Å². The molecule has 0 saturated heterocycles. The number of alkyl halides is 3. The van der Waals surface area contributed by atoms with Crippen LogP contribution in [-0.4, -0.2) is 41.6 Å². The zero-order valence-corrected chi connectivity index (χ0v) is 12.1. The van der Waals surface area contributed by atoms with Crippen molar-refractivity contribution < 1.29 is 31.1 Å².